The summed E-state index contributed by atoms with van der Waals surface area (Å²) in [5, 5.41) is 3.01. The van der Waals surface area contributed by atoms with Crippen LogP contribution < -0.4 is 5.32 Å². The molecule has 0 aromatic carbocycles. The van der Waals surface area contributed by atoms with E-state index in [2.05, 4.69) is 11.9 Å². The van der Waals surface area contributed by atoms with E-state index < -0.39 is 0 Å². The molecule has 4 heteroatoms. The van der Waals surface area contributed by atoms with Crippen LogP contribution in [0.25, 0.3) is 0 Å². The molecule has 2 nitrogen and oxygen atoms in total. The van der Waals surface area contributed by atoms with Gasteiger partial charge >= 0.3 is 104 Å². The van der Waals surface area contributed by atoms with Gasteiger partial charge in [-0.3, -0.25) is 0 Å². The first-order valence-corrected chi connectivity index (χ1v) is 6.09. The molecule has 1 N–H and O–H groups in total. The fourth-order valence-corrected chi connectivity index (χ4v) is 1.12. The van der Waals surface area contributed by atoms with Crippen molar-refractivity contribution < 1.29 is 9.13 Å². The third kappa shape index (κ3) is 6.98. The summed E-state index contributed by atoms with van der Waals surface area (Å²) in [4.78, 5) is 0. The van der Waals surface area contributed by atoms with Gasteiger partial charge in [-0.25, -0.2) is 0 Å². The number of nitrogens with one attached hydrogen (secondary N) is 1. The van der Waals surface area contributed by atoms with E-state index >= 15 is 0 Å². The number of rotatable bonds is 8. The summed E-state index contributed by atoms with van der Waals surface area (Å²) in [5.41, 5.74) is 0.749. The second-order valence-electron chi connectivity index (χ2n) is 4.34. The molecule has 17 heavy (non-hydrogen) atoms. The number of hydrogen-bond donors (Lipinski definition) is 1. The van der Waals surface area contributed by atoms with Gasteiger partial charge in [0.1, 0.15) is 0 Å². The average molecular weight is 239 g/mol. The molecule has 0 amide bonds. The molecular formula is C13H23BFNO. The number of halogens is 1. The Morgan fingerprint density at radius 2 is 2.18 bits per heavy atom. The maximum atomic E-state index is 14.0. The van der Waals surface area contributed by atoms with Crippen LogP contribution in [0.15, 0.2) is 24.1 Å². The molecule has 0 saturated heterocycles. The Kier molecular flexibility index (Phi) is 8.46. The predicted octanol–water partition coefficient (Wildman–Crippen LogP) is 2.84. The quantitative estimate of drug-likeness (QED) is 0.657. The van der Waals surface area contributed by atoms with E-state index in [9.17, 15) is 4.39 Å². The van der Waals surface area contributed by atoms with Crippen LogP contribution in [-0.4, -0.2) is 25.7 Å². The zero-order chi connectivity index (χ0) is 13.3. The molecule has 0 spiro atoms. The van der Waals surface area contributed by atoms with Crippen LogP contribution in [0.3, 0.4) is 0 Å². The zero-order valence-corrected chi connectivity index (χ0v) is 11.3. The third-order valence-electron chi connectivity index (χ3n) is 2.03. The molecular weight excluding hydrogens is 216 g/mol. The molecule has 0 rings (SSSR count). The van der Waals surface area contributed by atoms with E-state index in [1.165, 1.54) is 5.98 Å². The molecule has 0 unspecified atom stereocenters. The summed E-state index contributed by atoms with van der Waals surface area (Å²) in [6.07, 6.45) is 0.956. The van der Waals surface area contributed by atoms with Gasteiger partial charge < -0.3 is 0 Å². The standard InChI is InChI=1S/C13H23BFNO/c1-6-8-16-11(5)12(15)13(14-7-2)17-9-10(3)4/h7,10,16H,2,6,8-9H2,1,3-5H3/b12-11-. The van der Waals surface area contributed by atoms with Gasteiger partial charge in [0.05, 0.1) is 0 Å². The van der Waals surface area contributed by atoms with Crippen molar-refractivity contribution in [3.8, 4) is 0 Å². The molecule has 0 aliphatic carbocycles. The van der Waals surface area contributed by atoms with Crippen molar-refractivity contribution >= 4 is 12.6 Å². The Bertz CT molecular complexity index is 298. The van der Waals surface area contributed by atoms with Gasteiger partial charge in [0.2, 0.25) is 0 Å². The summed E-state index contributed by atoms with van der Waals surface area (Å²) < 4.78 is 19.4. The van der Waals surface area contributed by atoms with Crippen molar-refractivity contribution in [1.29, 1.82) is 0 Å². The molecule has 0 aromatic rings. The van der Waals surface area contributed by atoms with Gasteiger partial charge in [0, 0.05) is 0 Å². The Morgan fingerprint density at radius 3 is 2.65 bits per heavy atom. The van der Waals surface area contributed by atoms with Gasteiger partial charge in [-0.1, -0.05) is 0 Å². The Morgan fingerprint density at radius 1 is 1.53 bits per heavy atom. The van der Waals surface area contributed by atoms with Crippen LogP contribution >= 0.6 is 0 Å². The Hall–Kier alpha value is -1.06. The van der Waals surface area contributed by atoms with Crippen LogP contribution in [-0.2, 0) is 4.74 Å². The zero-order valence-electron chi connectivity index (χ0n) is 11.3. The summed E-state index contributed by atoms with van der Waals surface area (Å²) in [5.74, 6) is 1.54. The van der Waals surface area contributed by atoms with E-state index in [0.717, 1.165) is 13.0 Å². The Balaban J connectivity index is 4.68. The predicted molar refractivity (Wildman–Crippen MR) is 73.8 cm³/mol. The van der Waals surface area contributed by atoms with Crippen LogP contribution in [0.2, 0.25) is 0 Å². The maximum absolute atomic E-state index is 14.0. The minimum atomic E-state index is -0.348. The molecule has 0 aromatic heterocycles. The Labute approximate surface area is 105 Å². The molecule has 0 aliphatic heterocycles. The minimum absolute atomic E-state index is 0.245. The van der Waals surface area contributed by atoms with E-state index in [1.807, 2.05) is 20.8 Å². The number of ether oxygens (including phenoxy) is 1. The molecule has 0 atom stereocenters. The van der Waals surface area contributed by atoms with Crippen LogP contribution in [0.4, 0.5) is 4.39 Å². The van der Waals surface area contributed by atoms with Crippen LogP contribution in [0.5, 0.6) is 0 Å². The van der Waals surface area contributed by atoms with Crippen molar-refractivity contribution in [3.63, 3.8) is 0 Å². The van der Waals surface area contributed by atoms with Crippen molar-refractivity contribution in [2.75, 3.05) is 13.2 Å². The topological polar surface area (TPSA) is 21.3 Å². The van der Waals surface area contributed by atoms with E-state index in [-0.39, 0.29) is 11.5 Å². The SMILES string of the molecule is C=CB=C(OCC(C)C)/C(F)=C(\C)NCCC. The average Bonchev–Trinajstić information content (AvgIpc) is 2.30. The first-order valence-electron chi connectivity index (χ1n) is 6.09. The summed E-state index contributed by atoms with van der Waals surface area (Å²) in [6.45, 7) is 14.2. The third-order valence-corrected chi connectivity index (χ3v) is 2.03. The van der Waals surface area contributed by atoms with Crippen LogP contribution in [0.1, 0.15) is 34.1 Å². The van der Waals surface area contributed by atoms with Crippen LogP contribution in [0, 0.1) is 5.92 Å². The number of hydrogen-bond acceptors (Lipinski definition) is 2. The normalized spacial score (nSPS) is 12.9. The van der Waals surface area contributed by atoms with Crippen molar-refractivity contribution in [3.05, 3.63) is 24.1 Å². The monoisotopic (exact) mass is 239 g/mol. The molecule has 0 saturated carbocycles. The van der Waals surface area contributed by atoms with E-state index in [0.29, 0.717) is 18.2 Å². The first-order chi connectivity index (χ1) is 8.02. The molecule has 0 bridgehead atoms. The summed E-state index contributed by atoms with van der Waals surface area (Å²) >= 11 is 0. The second kappa shape index (κ2) is 9.02. The fourth-order valence-electron chi connectivity index (χ4n) is 1.12. The molecule has 0 aliphatic rings. The van der Waals surface area contributed by atoms with Gasteiger partial charge in [-0.2, -0.15) is 0 Å². The molecule has 96 valence electrons. The summed E-state index contributed by atoms with van der Waals surface area (Å²) in [7, 11) is 0. The molecule has 0 radical (unpaired) electrons. The van der Waals surface area contributed by atoms with Crippen molar-refractivity contribution in [2.24, 2.45) is 5.92 Å². The van der Waals surface area contributed by atoms with Gasteiger partial charge in [-0.15, -0.1) is 0 Å². The van der Waals surface area contributed by atoms with E-state index in [1.54, 1.807) is 13.8 Å². The second-order valence-corrected chi connectivity index (χ2v) is 4.34. The van der Waals surface area contributed by atoms with E-state index in [4.69, 9.17) is 4.74 Å². The van der Waals surface area contributed by atoms with Crippen molar-refractivity contribution in [2.45, 2.75) is 34.1 Å². The van der Waals surface area contributed by atoms with Gasteiger partial charge in [-0.05, 0) is 0 Å². The molecule has 0 heterocycles. The van der Waals surface area contributed by atoms with Gasteiger partial charge in [0.25, 0.3) is 0 Å². The number of allylic oxidation sites excluding steroid dienone is 1. The molecule has 0 fully saturated rings. The van der Waals surface area contributed by atoms with Crippen molar-refractivity contribution in [1.82, 2.24) is 5.32 Å². The summed E-state index contributed by atoms with van der Waals surface area (Å²) in [6, 6.07) is 0. The van der Waals surface area contributed by atoms with Gasteiger partial charge in [0.15, 0.2) is 0 Å². The fraction of sp³-hybridized carbons (Fsp3) is 0.615. The first kappa shape index (κ1) is 15.9.